The Morgan fingerprint density at radius 3 is 2.75 bits per heavy atom. The number of ether oxygens (including phenoxy) is 1. The molecule has 7 nitrogen and oxygen atoms in total. The number of aryl methyl sites for hydroxylation is 1. The lowest BCUT2D eigenvalue weighted by molar-refractivity contribution is 0.395. The molecule has 164 valence electrons. The zero-order valence-electron chi connectivity index (χ0n) is 18.5. The third-order valence-corrected chi connectivity index (χ3v) is 6.23. The lowest BCUT2D eigenvalue weighted by Gasteiger charge is -2.19. The van der Waals surface area contributed by atoms with Crippen molar-refractivity contribution in [3.05, 3.63) is 78.5 Å². The van der Waals surface area contributed by atoms with Crippen LogP contribution in [0, 0.1) is 6.92 Å². The average Bonchev–Trinajstić information content (AvgIpc) is 3.42. The molecule has 1 aliphatic heterocycles. The lowest BCUT2D eigenvalue weighted by atomic mass is 9.90. The number of hydrogen-bond donors (Lipinski definition) is 1. The minimum atomic E-state index is 0.263. The van der Waals surface area contributed by atoms with Crippen LogP contribution < -0.4 is 10.1 Å². The summed E-state index contributed by atoms with van der Waals surface area (Å²) in [5.74, 6) is 1.29. The summed E-state index contributed by atoms with van der Waals surface area (Å²) in [4.78, 5) is 4.32. The highest BCUT2D eigenvalue weighted by Gasteiger charge is 2.24. The molecule has 2 atom stereocenters. The van der Waals surface area contributed by atoms with E-state index in [9.17, 15) is 0 Å². The maximum atomic E-state index is 5.66. The van der Waals surface area contributed by atoms with Gasteiger partial charge in [-0.25, -0.2) is 9.67 Å². The maximum Gasteiger partial charge on any atom is 0.143 e. The number of benzene rings is 2. The van der Waals surface area contributed by atoms with Gasteiger partial charge in [0.1, 0.15) is 11.4 Å². The van der Waals surface area contributed by atoms with E-state index in [1.165, 1.54) is 5.56 Å². The summed E-state index contributed by atoms with van der Waals surface area (Å²) < 4.78 is 9.65. The second-order valence-electron chi connectivity index (χ2n) is 8.38. The van der Waals surface area contributed by atoms with Crippen molar-refractivity contribution in [1.82, 2.24) is 29.9 Å². The van der Waals surface area contributed by atoms with E-state index in [-0.39, 0.29) is 6.04 Å². The van der Waals surface area contributed by atoms with Gasteiger partial charge in [0.2, 0.25) is 0 Å². The van der Waals surface area contributed by atoms with E-state index in [0.717, 1.165) is 54.3 Å². The Bertz CT molecular complexity index is 1180. The normalized spacial score (nSPS) is 18.9. The largest absolute Gasteiger partial charge is 0.495 e. The van der Waals surface area contributed by atoms with Crippen LogP contribution in [0.3, 0.4) is 0 Å². The molecular formula is C25H28N6O. The average molecular weight is 429 g/mol. The second kappa shape index (κ2) is 8.96. The van der Waals surface area contributed by atoms with E-state index in [4.69, 9.17) is 4.74 Å². The molecule has 1 N–H and O–H groups in total. The number of methoxy groups -OCH3 is 1. The molecule has 32 heavy (non-hydrogen) atoms. The van der Waals surface area contributed by atoms with Crippen LogP contribution in [-0.4, -0.2) is 44.7 Å². The quantitative estimate of drug-likeness (QED) is 0.517. The van der Waals surface area contributed by atoms with Crippen LogP contribution in [0.5, 0.6) is 5.75 Å². The van der Waals surface area contributed by atoms with Crippen LogP contribution in [-0.2, 0) is 0 Å². The van der Waals surface area contributed by atoms with Crippen LogP contribution in [0.1, 0.15) is 36.1 Å². The minimum absolute atomic E-state index is 0.263. The van der Waals surface area contributed by atoms with Gasteiger partial charge in [-0.2, -0.15) is 0 Å². The van der Waals surface area contributed by atoms with E-state index in [0.29, 0.717) is 5.92 Å². The first-order chi connectivity index (χ1) is 15.7. The summed E-state index contributed by atoms with van der Waals surface area (Å²) in [5.41, 5.74) is 5.14. The Hall–Kier alpha value is -3.45. The molecule has 4 aromatic rings. The van der Waals surface area contributed by atoms with Gasteiger partial charge in [0.05, 0.1) is 37.1 Å². The Morgan fingerprint density at radius 1 is 1.09 bits per heavy atom. The Balaban J connectivity index is 1.39. The summed E-state index contributed by atoms with van der Waals surface area (Å²) in [6, 6.07) is 17.2. The van der Waals surface area contributed by atoms with Gasteiger partial charge in [0.15, 0.2) is 0 Å². The van der Waals surface area contributed by atoms with Crippen LogP contribution in [0.4, 0.5) is 0 Å². The molecule has 2 unspecified atom stereocenters. The van der Waals surface area contributed by atoms with Crippen molar-refractivity contribution >= 4 is 0 Å². The predicted molar refractivity (Wildman–Crippen MR) is 124 cm³/mol. The van der Waals surface area contributed by atoms with Crippen LogP contribution in [0.25, 0.3) is 16.9 Å². The summed E-state index contributed by atoms with van der Waals surface area (Å²) in [7, 11) is 1.68. The Labute approximate surface area is 188 Å². The maximum absolute atomic E-state index is 5.66. The molecule has 0 radical (unpaired) electrons. The first kappa shape index (κ1) is 20.5. The molecule has 2 aromatic heterocycles. The smallest absolute Gasteiger partial charge is 0.143 e. The third-order valence-electron chi connectivity index (χ3n) is 6.23. The highest BCUT2D eigenvalue weighted by atomic mass is 16.5. The van der Waals surface area contributed by atoms with Crippen molar-refractivity contribution in [1.29, 1.82) is 0 Å². The SMILES string of the molecule is COc1cc(-c2cn(C3CNCCC(c4ccccc4)C3)nn2)ccc1-n1cnc(C)c1. The summed E-state index contributed by atoms with van der Waals surface area (Å²) in [5, 5.41) is 12.6. The highest BCUT2D eigenvalue weighted by Crippen LogP contribution is 2.32. The molecule has 5 rings (SSSR count). The first-order valence-electron chi connectivity index (χ1n) is 11.1. The number of nitrogens with zero attached hydrogens (tertiary/aromatic N) is 5. The van der Waals surface area contributed by atoms with Gasteiger partial charge in [0, 0.05) is 18.3 Å². The van der Waals surface area contributed by atoms with Crippen molar-refractivity contribution in [3.63, 3.8) is 0 Å². The second-order valence-corrected chi connectivity index (χ2v) is 8.38. The van der Waals surface area contributed by atoms with E-state index < -0.39 is 0 Å². The molecule has 0 spiro atoms. The van der Waals surface area contributed by atoms with Crippen LogP contribution >= 0.6 is 0 Å². The molecule has 1 saturated heterocycles. The Morgan fingerprint density at radius 2 is 1.97 bits per heavy atom. The topological polar surface area (TPSA) is 69.8 Å². The van der Waals surface area contributed by atoms with Crippen LogP contribution in [0.15, 0.2) is 67.3 Å². The molecule has 0 saturated carbocycles. The summed E-state index contributed by atoms with van der Waals surface area (Å²) in [6.45, 7) is 3.89. The van der Waals surface area contributed by atoms with Gasteiger partial charge in [0.25, 0.3) is 0 Å². The van der Waals surface area contributed by atoms with Gasteiger partial charge < -0.3 is 14.6 Å². The van der Waals surface area contributed by atoms with Crippen molar-refractivity contribution in [2.45, 2.75) is 31.7 Å². The van der Waals surface area contributed by atoms with Gasteiger partial charge in [-0.3, -0.25) is 0 Å². The van der Waals surface area contributed by atoms with E-state index in [1.807, 2.05) is 34.5 Å². The van der Waals surface area contributed by atoms with E-state index in [1.54, 1.807) is 13.4 Å². The fourth-order valence-corrected chi connectivity index (χ4v) is 4.49. The molecular weight excluding hydrogens is 400 g/mol. The highest BCUT2D eigenvalue weighted by molar-refractivity contribution is 5.64. The monoisotopic (exact) mass is 428 g/mol. The molecule has 0 aliphatic carbocycles. The zero-order valence-corrected chi connectivity index (χ0v) is 18.5. The zero-order chi connectivity index (χ0) is 21.9. The van der Waals surface area contributed by atoms with Gasteiger partial charge in [-0.05, 0) is 49.9 Å². The molecule has 3 heterocycles. The molecule has 2 aromatic carbocycles. The summed E-state index contributed by atoms with van der Waals surface area (Å²) >= 11 is 0. The third kappa shape index (κ3) is 4.16. The fraction of sp³-hybridized carbons (Fsp3) is 0.320. The minimum Gasteiger partial charge on any atom is -0.495 e. The van der Waals surface area contributed by atoms with Crippen LogP contribution in [0.2, 0.25) is 0 Å². The van der Waals surface area contributed by atoms with Gasteiger partial charge >= 0.3 is 0 Å². The van der Waals surface area contributed by atoms with Crippen molar-refractivity contribution in [2.24, 2.45) is 0 Å². The Kier molecular flexibility index (Phi) is 5.73. The van der Waals surface area contributed by atoms with Crippen molar-refractivity contribution in [2.75, 3.05) is 20.2 Å². The van der Waals surface area contributed by atoms with E-state index in [2.05, 4.69) is 63.2 Å². The number of hydrogen-bond acceptors (Lipinski definition) is 5. The molecule has 7 heteroatoms. The van der Waals surface area contributed by atoms with Crippen molar-refractivity contribution < 1.29 is 4.74 Å². The number of rotatable bonds is 5. The molecule has 0 amide bonds. The molecule has 1 aliphatic rings. The summed E-state index contributed by atoms with van der Waals surface area (Å²) in [6.07, 6.45) is 8.01. The molecule has 1 fully saturated rings. The van der Waals surface area contributed by atoms with Gasteiger partial charge in [-0.1, -0.05) is 41.6 Å². The van der Waals surface area contributed by atoms with Crippen molar-refractivity contribution in [3.8, 4) is 22.7 Å². The number of aromatic nitrogens is 5. The molecule has 0 bridgehead atoms. The van der Waals surface area contributed by atoms with E-state index >= 15 is 0 Å². The standard InChI is InChI=1S/C25H28N6O/c1-18-15-30(17-27-18)24-9-8-21(13-25(24)32-2)23-16-31(29-28-23)22-12-20(10-11-26-14-22)19-6-4-3-5-7-19/h3-9,13,15-17,20,22,26H,10-12,14H2,1-2H3. The van der Waals surface area contributed by atoms with Gasteiger partial charge in [-0.15, -0.1) is 5.10 Å². The predicted octanol–water partition coefficient (Wildman–Crippen LogP) is 4.16. The fourth-order valence-electron chi connectivity index (χ4n) is 4.49. The lowest BCUT2D eigenvalue weighted by Crippen LogP contribution is -2.23. The number of imidazole rings is 1. The first-order valence-corrected chi connectivity index (χ1v) is 11.1. The number of nitrogens with one attached hydrogen (secondary N) is 1.